The van der Waals surface area contributed by atoms with Crippen molar-refractivity contribution in [2.75, 3.05) is 13.2 Å². The second-order valence-corrected chi connectivity index (χ2v) is 4.24. The molecule has 0 radical (unpaired) electrons. The van der Waals surface area contributed by atoms with E-state index in [0.717, 1.165) is 0 Å². The first-order valence-corrected chi connectivity index (χ1v) is 3.90. The number of hydrogen-bond donors (Lipinski definition) is 2. The van der Waals surface area contributed by atoms with Gasteiger partial charge in [-0.25, -0.2) is 0 Å². The van der Waals surface area contributed by atoms with Crippen LogP contribution in [0.1, 0.15) is 27.7 Å². The fraction of sp³-hybridized carbons (Fsp3) is 1.00. The Morgan fingerprint density at radius 3 is 1.91 bits per heavy atom. The largest absolute Gasteiger partial charge is 0.372 e. The fourth-order valence-electron chi connectivity index (χ4n) is 0.440. The van der Waals surface area contributed by atoms with Crippen LogP contribution in [0.15, 0.2) is 0 Å². The van der Waals surface area contributed by atoms with Crippen molar-refractivity contribution in [1.82, 2.24) is 0 Å². The van der Waals surface area contributed by atoms with E-state index in [2.05, 4.69) is 0 Å². The molecule has 68 valence electrons. The molecule has 4 N–H and O–H groups in total. The monoisotopic (exact) mass is 160 g/mol. The molecule has 0 spiro atoms. The minimum atomic E-state index is -0.271. The summed E-state index contributed by atoms with van der Waals surface area (Å²) in [7, 11) is 0. The summed E-state index contributed by atoms with van der Waals surface area (Å²) in [6.45, 7) is 8.83. The number of hydrogen-bond acceptors (Lipinski definition) is 3. The highest BCUT2D eigenvalue weighted by molar-refractivity contribution is 4.75. The maximum Gasteiger partial charge on any atom is 0.0749 e. The summed E-state index contributed by atoms with van der Waals surface area (Å²) < 4.78 is 5.49. The predicted octanol–water partition coefficient (Wildman–Crippen LogP) is 0.478. The lowest BCUT2D eigenvalue weighted by Gasteiger charge is -2.28. The fourth-order valence-corrected chi connectivity index (χ4v) is 0.440. The Bertz CT molecular complexity index is 116. The van der Waals surface area contributed by atoms with Crippen LogP contribution in [0.25, 0.3) is 0 Å². The molecule has 0 fully saturated rings. The first kappa shape index (κ1) is 10.9. The summed E-state index contributed by atoms with van der Waals surface area (Å²) in [5, 5.41) is 0. The van der Waals surface area contributed by atoms with Gasteiger partial charge in [0.2, 0.25) is 0 Å². The van der Waals surface area contributed by atoms with Crippen molar-refractivity contribution >= 4 is 0 Å². The number of nitrogens with two attached hydrogens (primary N) is 2. The Kier molecular flexibility index (Phi) is 3.48. The molecule has 0 saturated carbocycles. The SMILES string of the molecule is CC(C)(N)COC(C)(C)CN. The van der Waals surface area contributed by atoms with E-state index in [0.29, 0.717) is 13.2 Å². The maximum atomic E-state index is 5.73. The second kappa shape index (κ2) is 3.52. The Balaban J connectivity index is 3.70. The second-order valence-electron chi connectivity index (χ2n) is 4.24. The van der Waals surface area contributed by atoms with E-state index in [4.69, 9.17) is 16.2 Å². The average molecular weight is 160 g/mol. The van der Waals surface area contributed by atoms with Gasteiger partial charge in [0.1, 0.15) is 0 Å². The molecule has 0 saturated heterocycles. The first-order chi connectivity index (χ1) is 4.77. The minimum Gasteiger partial charge on any atom is -0.372 e. The van der Waals surface area contributed by atoms with Gasteiger partial charge in [-0.05, 0) is 27.7 Å². The molecule has 3 nitrogen and oxygen atoms in total. The van der Waals surface area contributed by atoms with E-state index in [1.807, 2.05) is 27.7 Å². The molecule has 0 amide bonds. The molecule has 11 heavy (non-hydrogen) atoms. The van der Waals surface area contributed by atoms with Crippen molar-refractivity contribution in [2.45, 2.75) is 38.8 Å². The molecule has 0 rings (SSSR count). The summed E-state index contributed by atoms with van der Waals surface area (Å²) in [6.07, 6.45) is 0. The molecule has 0 unspecified atom stereocenters. The molecular formula is C8H20N2O. The molecule has 0 aromatic carbocycles. The van der Waals surface area contributed by atoms with Gasteiger partial charge < -0.3 is 16.2 Å². The zero-order valence-corrected chi connectivity index (χ0v) is 7.98. The van der Waals surface area contributed by atoms with E-state index in [1.54, 1.807) is 0 Å². The van der Waals surface area contributed by atoms with Crippen LogP contribution in [0.2, 0.25) is 0 Å². The molecule has 0 bridgehead atoms. The summed E-state index contributed by atoms with van der Waals surface area (Å²) in [5.74, 6) is 0. The van der Waals surface area contributed by atoms with Crippen molar-refractivity contribution in [3.63, 3.8) is 0 Å². The van der Waals surface area contributed by atoms with E-state index in [9.17, 15) is 0 Å². The molecule has 0 aliphatic carbocycles. The van der Waals surface area contributed by atoms with Gasteiger partial charge in [0.25, 0.3) is 0 Å². The van der Waals surface area contributed by atoms with Gasteiger partial charge in [-0.3, -0.25) is 0 Å². The van der Waals surface area contributed by atoms with E-state index in [-0.39, 0.29) is 11.1 Å². The summed E-state index contributed by atoms with van der Waals surface area (Å²) in [6, 6.07) is 0. The molecule has 0 heterocycles. The lowest BCUT2D eigenvalue weighted by molar-refractivity contribution is -0.0296. The topological polar surface area (TPSA) is 61.3 Å². The van der Waals surface area contributed by atoms with Crippen molar-refractivity contribution in [2.24, 2.45) is 11.5 Å². The third-order valence-electron chi connectivity index (χ3n) is 1.33. The van der Waals surface area contributed by atoms with Gasteiger partial charge >= 0.3 is 0 Å². The van der Waals surface area contributed by atoms with Crippen LogP contribution in [0, 0.1) is 0 Å². The van der Waals surface area contributed by atoms with Crippen LogP contribution in [0.5, 0.6) is 0 Å². The van der Waals surface area contributed by atoms with Crippen LogP contribution in [-0.2, 0) is 4.74 Å². The van der Waals surface area contributed by atoms with Crippen molar-refractivity contribution in [3.8, 4) is 0 Å². The molecule has 0 atom stereocenters. The van der Waals surface area contributed by atoms with Gasteiger partial charge in [-0.2, -0.15) is 0 Å². The Morgan fingerprint density at radius 1 is 1.18 bits per heavy atom. The standard InChI is InChI=1S/C8H20N2O/c1-7(2,10)6-11-8(3,4)5-9/h5-6,9-10H2,1-4H3. The molecule has 3 heteroatoms. The maximum absolute atomic E-state index is 5.73. The predicted molar refractivity (Wildman–Crippen MR) is 47.4 cm³/mol. The van der Waals surface area contributed by atoms with Crippen molar-refractivity contribution in [3.05, 3.63) is 0 Å². The normalized spacial score (nSPS) is 13.6. The zero-order chi connectivity index (χ0) is 9.12. The summed E-state index contributed by atoms with van der Waals surface area (Å²) >= 11 is 0. The van der Waals surface area contributed by atoms with Crippen LogP contribution >= 0.6 is 0 Å². The van der Waals surface area contributed by atoms with Gasteiger partial charge in [0.15, 0.2) is 0 Å². The molecule has 0 aliphatic heterocycles. The number of ether oxygens (including phenoxy) is 1. The quantitative estimate of drug-likeness (QED) is 0.628. The number of rotatable bonds is 4. The van der Waals surface area contributed by atoms with Crippen LogP contribution in [0.4, 0.5) is 0 Å². The summed E-state index contributed by atoms with van der Waals surface area (Å²) in [5.41, 5.74) is 10.7. The van der Waals surface area contributed by atoms with E-state index >= 15 is 0 Å². The Hall–Kier alpha value is -0.120. The highest BCUT2D eigenvalue weighted by Gasteiger charge is 2.20. The third-order valence-corrected chi connectivity index (χ3v) is 1.33. The average Bonchev–Trinajstić information content (AvgIpc) is 1.83. The van der Waals surface area contributed by atoms with Gasteiger partial charge in [0.05, 0.1) is 12.2 Å². The lowest BCUT2D eigenvalue weighted by atomic mass is 10.1. The van der Waals surface area contributed by atoms with Gasteiger partial charge in [0, 0.05) is 12.1 Å². The Labute approximate surface area is 69.1 Å². The minimum absolute atomic E-state index is 0.253. The van der Waals surface area contributed by atoms with Crippen molar-refractivity contribution in [1.29, 1.82) is 0 Å². The lowest BCUT2D eigenvalue weighted by Crippen LogP contribution is -2.43. The van der Waals surface area contributed by atoms with Crippen molar-refractivity contribution < 1.29 is 4.74 Å². The van der Waals surface area contributed by atoms with Gasteiger partial charge in [-0.1, -0.05) is 0 Å². The third kappa shape index (κ3) is 6.28. The first-order valence-electron chi connectivity index (χ1n) is 3.90. The molecule has 0 aromatic heterocycles. The highest BCUT2D eigenvalue weighted by Crippen LogP contribution is 2.09. The molecule has 0 aromatic rings. The van der Waals surface area contributed by atoms with Crippen LogP contribution in [0.3, 0.4) is 0 Å². The summed E-state index contributed by atoms with van der Waals surface area (Å²) in [4.78, 5) is 0. The van der Waals surface area contributed by atoms with Gasteiger partial charge in [-0.15, -0.1) is 0 Å². The van der Waals surface area contributed by atoms with Crippen LogP contribution in [-0.4, -0.2) is 24.3 Å². The van der Waals surface area contributed by atoms with E-state index < -0.39 is 0 Å². The van der Waals surface area contributed by atoms with E-state index in [1.165, 1.54) is 0 Å². The smallest absolute Gasteiger partial charge is 0.0749 e. The highest BCUT2D eigenvalue weighted by atomic mass is 16.5. The van der Waals surface area contributed by atoms with Crippen LogP contribution < -0.4 is 11.5 Å². The molecular weight excluding hydrogens is 140 g/mol. The Morgan fingerprint density at radius 2 is 1.64 bits per heavy atom. The zero-order valence-electron chi connectivity index (χ0n) is 7.98. The molecule has 0 aliphatic rings.